The fourth-order valence-corrected chi connectivity index (χ4v) is 5.35. The molecule has 0 spiro atoms. The lowest BCUT2D eigenvalue weighted by atomic mass is 9.95. The quantitative estimate of drug-likeness (QED) is 0.291. The van der Waals surface area contributed by atoms with Gasteiger partial charge in [-0.1, -0.05) is 72.3 Å². The van der Waals surface area contributed by atoms with Gasteiger partial charge in [-0.3, -0.25) is 4.79 Å². The van der Waals surface area contributed by atoms with Crippen LogP contribution in [0.3, 0.4) is 0 Å². The monoisotopic (exact) mass is 476 g/mol. The van der Waals surface area contributed by atoms with Gasteiger partial charge in [-0.05, 0) is 48.4 Å². The smallest absolute Gasteiger partial charge is 0.326 e. The van der Waals surface area contributed by atoms with Crippen LogP contribution in [0.4, 0.5) is 0 Å². The second-order valence-corrected chi connectivity index (χ2v) is 9.83. The van der Waals surface area contributed by atoms with E-state index in [0.29, 0.717) is 11.3 Å². The minimum Gasteiger partial charge on any atom is -0.497 e. The van der Waals surface area contributed by atoms with E-state index in [1.807, 2.05) is 43.3 Å². The number of allylic oxidation sites excluding steroid dienone is 1. The lowest BCUT2D eigenvalue weighted by molar-refractivity contribution is -0.142. The van der Waals surface area contributed by atoms with E-state index in [2.05, 4.69) is 6.58 Å². The molecule has 0 bridgehead atoms. The first kappa shape index (κ1) is 25.0. The Balaban J connectivity index is 1.92. The molecule has 0 N–H and O–H groups in total. The van der Waals surface area contributed by atoms with E-state index in [1.165, 1.54) is 18.2 Å². The number of rotatable bonds is 10. The molecule has 5 nitrogen and oxygen atoms in total. The molecule has 0 amide bonds. The fourth-order valence-electron chi connectivity index (χ4n) is 3.56. The third kappa shape index (κ3) is 6.02. The van der Waals surface area contributed by atoms with Gasteiger partial charge in [-0.2, -0.15) is 0 Å². The molecule has 3 rings (SSSR count). The second kappa shape index (κ2) is 11.5. The van der Waals surface area contributed by atoms with Crippen molar-refractivity contribution in [3.05, 3.63) is 114 Å². The van der Waals surface area contributed by atoms with Crippen LogP contribution in [0.25, 0.3) is 6.08 Å². The number of carbonyl (C=O) groups is 1. The molecule has 3 aromatic rings. The summed E-state index contributed by atoms with van der Waals surface area (Å²) in [6.07, 6.45) is 4.96. The number of carbonyl (C=O) groups excluding carboxylic acids is 1. The molecule has 6 heteroatoms. The van der Waals surface area contributed by atoms with E-state index < -0.39 is 27.0 Å². The third-order valence-electron chi connectivity index (χ3n) is 5.43. The molecule has 0 aromatic heterocycles. The van der Waals surface area contributed by atoms with E-state index in [-0.39, 0.29) is 11.5 Å². The molecule has 0 saturated carbocycles. The molecule has 2 atom stereocenters. The van der Waals surface area contributed by atoms with Gasteiger partial charge in [0.15, 0.2) is 15.1 Å². The summed E-state index contributed by atoms with van der Waals surface area (Å²) in [4.78, 5) is 13.3. The van der Waals surface area contributed by atoms with E-state index in [0.717, 1.165) is 11.1 Å². The number of sulfone groups is 1. The third-order valence-corrected chi connectivity index (χ3v) is 7.51. The first-order chi connectivity index (χ1) is 16.4. The summed E-state index contributed by atoms with van der Waals surface area (Å²) in [6, 6.07) is 22.9. The van der Waals surface area contributed by atoms with Crippen LogP contribution in [-0.2, 0) is 19.4 Å². The number of esters is 1. The Kier molecular flexibility index (Phi) is 8.44. The number of benzene rings is 3. The maximum atomic E-state index is 13.6. The minimum atomic E-state index is -4.08. The zero-order valence-corrected chi connectivity index (χ0v) is 20.1. The van der Waals surface area contributed by atoms with E-state index in [4.69, 9.17) is 9.47 Å². The first-order valence-corrected chi connectivity index (χ1v) is 12.4. The summed E-state index contributed by atoms with van der Waals surface area (Å²) in [7, 11) is -2.54. The molecule has 0 radical (unpaired) electrons. The van der Waals surface area contributed by atoms with Crippen molar-refractivity contribution in [3.63, 3.8) is 0 Å². The number of hydrogen-bond acceptors (Lipinski definition) is 5. The van der Waals surface area contributed by atoms with Crippen molar-refractivity contribution in [1.82, 2.24) is 0 Å². The highest BCUT2D eigenvalue weighted by atomic mass is 32.2. The summed E-state index contributed by atoms with van der Waals surface area (Å²) in [5.74, 6) is -1.03. The molecular weight excluding hydrogens is 448 g/mol. The van der Waals surface area contributed by atoms with Gasteiger partial charge in [0, 0.05) is 5.92 Å². The Hall–Kier alpha value is -3.64. The van der Waals surface area contributed by atoms with Gasteiger partial charge in [0.2, 0.25) is 0 Å². The van der Waals surface area contributed by atoms with E-state index >= 15 is 0 Å². The summed E-state index contributed by atoms with van der Waals surface area (Å²) < 4.78 is 37.9. The Morgan fingerprint density at radius 1 is 0.971 bits per heavy atom. The van der Waals surface area contributed by atoms with Crippen molar-refractivity contribution in [2.45, 2.75) is 23.0 Å². The van der Waals surface area contributed by atoms with Crippen molar-refractivity contribution in [3.8, 4) is 5.75 Å². The number of methoxy groups -OCH3 is 1. The Morgan fingerprint density at radius 2 is 1.62 bits per heavy atom. The fraction of sp³-hybridized carbons (Fsp3) is 0.179. The van der Waals surface area contributed by atoms with Crippen LogP contribution in [0.1, 0.15) is 22.6 Å². The maximum Gasteiger partial charge on any atom is 0.326 e. The Bertz CT molecular complexity index is 1230. The standard InChI is InChI=1S/C28H28O5S/c1-4-26(23-14-16-24(32-3)17-15-23)27(34(30,31)25-18-12-21(2)13-19-25)28(29)33-20-8-11-22-9-6-5-7-10-22/h4-19,26-27H,1,20H2,2-3H3/b11-8+. The molecule has 34 heavy (non-hydrogen) atoms. The average Bonchev–Trinajstić information content (AvgIpc) is 2.86. The molecular formula is C28H28O5S. The predicted molar refractivity (Wildman–Crippen MR) is 135 cm³/mol. The molecule has 0 fully saturated rings. The summed E-state index contributed by atoms with van der Waals surface area (Å²) in [6.45, 7) is 5.63. The molecule has 0 aliphatic rings. The lowest BCUT2D eigenvalue weighted by Crippen LogP contribution is -2.37. The van der Waals surface area contributed by atoms with Crippen LogP contribution < -0.4 is 4.74 Å². The molecule has 3 aromatic carbocycles. The maximum absolute atomic E-state index is 13.6. The van der Waals surface area contributed by atoms with Crippen LogP contribution >= 0.6 is 0 Å². The lowest BCUT2D eigenvalue weighted by Gasteiger charge is -2.24. The van der Waals surface area contributed by atoms with Crippen molar-refractivity contribution in [1.29, 1.82) is 0 Å². The van der Waals surface area contributed by atoms with Crippen LogP contribution in [0, 0.1) is 6.92 Å². The van der Waals surface area contributed by atoms with Crippen molar-refractivity contribution in [2.75, 3.05) is 13.7 Å². The zero-order chi connectivity index (χ0) is 24.6. The number of ether oxygens (including phenoxy) is 2. The average molecular weight is 477 g/mol. The normalized spacial score (nSPS) is 13.2. The summed E-state index contributed by atoms with van der Waals surface area (Å²) >= 11 is 0. The van der Waals surface area contributed by atoms with Gasteiger partial charge < -0.3 is 9.47 Å². The SMILES string of the molecule is C=CC(c1ccc(OC)cc1)C(C(=O)OC/C=C/c1ccccc1)S(=O)(=O)c1ccc(C)cc1. The summed E-state index contributed by atoms with van der Waals surface area (Å²) in [5.41, 5.74) is 2.48. The molecule has 0 saturated heterocycles. The van der Waals surface area contributed by atoms with Crippen molar-refractivity contribution < 1.29 is 22.7 Å². The zero-order valence-electron chi connectivity index (χ0n) is 19.3. The first-order valence-electron chi connectivity index (χ1n) is 10.8. The summed E-state index contributed by atoms with van der Waals surface area (Å²) in [5, 5.41) is -1.49. The molecule has 2 unspecified atom stereocenters. The van der Waals surface area contributed by atoms with Gasteiger partial charge in [0.1, 0.15) is 12.4 Å². The largest absolute Gasteiger partial charge is 0.497 e. The highest BCUT2D eigenvalue weighted by Gasteiger charge is 2.41. The van der Waals surface area contributed by atoms with Gasteiger partial charge in [-0.25, -0.2) is 8.42 Å². The van der Waals surface area contributed by atoms with Gasteiger partial charge in [0.05, 0.1) is 12.0 Å². The number of hydrogen-bond donors (Lipinski definition) is 0. The molecule has 176 valence electrons. The molecule has 0 aliphatic carbocycles. The Labute approximate surface area is 201 Å². The topological polar surface area (TPSA) is 69.7 Å². The van der Waals surface area contributed by atoms with Gasteiger partial charge in [0.25, 0.3) is 0 Å². The highest BCUT2D eigenvalue weighted by molar-refractivity contribution is 7.92. The Morgan fingerprint density at radius 3 is 2.21 bits per heavy atom. The van der Waals surface area contributed by atoms with Gasteiger partial charge >= 0.3 is 5.97 Å². The highest BCUT2D eigenvalue weighted by Crippen LogP contribution is 2.32. The van der Waals surface area contributed by atoms with Crippen molar-refractivity contribution in [2.24, 2.45) is 0 Å². The van der Waals surface area contributed by atoms with Crippen LogP contribution in [0.2, 0.25) is 0 Å². The minimum absolute atomic E-state index is 0.0554. The molecule has 0 aliphatic heterocycles. The second-order valence-electron chi connectivity index (χ2n) is 7.76. The van der Waals surface area contributed by atoms with E-state index in [9.17, 15) is 13.2 Å². The molecule has 0 heterocycles. The van der Waals surface area contributed by atoms with E-state index in [1.54, 1.807) is 49.6 Å². The predicted octanol–water partition coefficient (Wildman–Crippen LogP) is 5.37. The van der Waals surface area contributed by atoms with Crippen molar-refractivity contribution >= 4 is 21.9 Å². The van der Waals surface area contributed by atoms with Gasteiger partial charge in [-0.15, -0.1) is 6.58 Å². The van der Waals surface area contributed by atoms with Crippen LogP contribution in [-0.4, -0.2) is 33.4 Å². The van der Waals surface area contributed by atoms with Crippen LogP contribution in [0.15, 0.2) is 102 Å². The van der Waals surface area contributed by atoms with Crippen LogP contribution in [0.5, 0.6) is 5.75 Å². The number of aryl methyl sites for hydroxylation is 1.